The summed E-state index contributed by atoms with van der Waals surface area (Å²) in [5, 5.41) is 29.8. The third-order valence-corrected chi connectivity index (χ3v) is 7.13. The Bertz CT molecular complexity index is 2190. The number of rotatable bonds is 8. The number of pyridine rings is 2. The molecule has 4 heterocycles. The first kappa shape index (κ1) is 35.8. The van der Waals surface area contributed by atoms with Crippen LogP contribution in [-0.2, 0) is 16.6 Å². The van der Waals surface area contributed by atoms with Crippen LogP contribution in [0.15, 0.2) is 73.1 Å². The normalized spacial score (nSPS) is 11.5. The lowest BCUT2D eigenvalue weighted by molar-refractivity contribution is 0.00465. The van der Waals surface area contributed by atoms with Gasteiger partial charge in [0.05, 0.1) is 41.0 Å². The van der Waals surface area contributed by atoms with Crippen LogP contribution in [0.1, 0.15) is 57.3 Å². The largest absolute Gasteiger partial charge is 0.478 e. The molecule has 0 saturated heterocycles. The second-order valence-electron chi connectivity index (χ2n) is 11.4. The Morgan fingerprint density at radius 2 is 1.12 bits per heavy atom. The van der Waals surface area contributed by atoms with Crippen molar-refractivity contribution in [3.05, 3.63) is 107 Å². The molecule has 0 fully saturated rings. The van der Waals surface area contributed by atoms with E-state index in [1.807, 2.05) is 26.0 Å². The third kappa shape index (κ3) is 8.23. The maximum Gasteiger partial charge on any atom is 0.337 e. The average molecular weight is 705 g/mol. The van der Waals surface area contributed by atoms with Crippen LogP contribution < -0.4 is 0 Å². The van der Waals surface area contributed by atoms with Gasteiger partial charge in [-0.2, -0.15) is 26.9 Å². The van der Waals surface area contributed by atoms with Crippen molar-refractivity contribution in [3.63, 3.8) is 0 Å². The molecule has 0 radical (unpaired) electrons. The van der Waals surface area contributed by atoms with Gasteiger partial charge in [0, 0.05) is 37.4 Å². The molecule has 0 spiro atoms. The van der Waals surface area contributed by atoms with Crippen LogP contribution in [0.25, 0.3) is 33.9 Å². The molecule has 6 rings (SSSR count). The van der Waals surface area contributed by atoms with E-state index >= 15 is 0 Å². The quantitative estimate of drug-likeness (QED) is 0.150. The first-order chi connectivity index (χ1) is 24.0. The van der Waals surface area contributed by atoms with E-state index in [4.69, 9.17) is 4.74 Å². The van der Waals surface area contributed by atoms with E-state index < -0.39 is 35.4 Å². The number of carbonyl (C=O) groups excluding carboxylic acids is 1. The van der Waals surface area contributed by atoms with Crippen LogP contribution in [0.3, 0.4) is 0 Å². The molecular weight excluding hydrogens is 676 g/mol. The number of benzene rings is 2. The lowest BCUT2D eigenvalue weighted by atomic mass is 10.1. The van der Waals surface area contributed by atoms with Gasteiger partial charge in [0.25, 0.3) is 0 Å². The highest BCUT2D eigenvalue weighted by Crippen LogP contribution is 2.30. The predicted octanol–water partition coefficient (Wildman–Crippen LogP) is 5.77. The number of methoxy groups -OCH3 is 1. The van der Waals surface area contributed by atoms with Gasteiger partial charge in [-0.1, -0.05) is 12.1 Å². The molecule has 0 saturated carbocycles. The molecule has 1 N–H and O–H groups in total. The Labute approximate surface area is 286 Å². The van der Waals surface area contributed by atoms with E-state index in [0.29, 0.717) is 36.4 Å². The number of tetrazole rings is 2. The monoisotopic (exact) mass is 704 g/mol. The number of aromatic carboxylic acids is 1. The van der Waals surface area contributed by atoms with E-state index in [-0.39, 0.29) is 22.5 Å². The molecule has 0 aliphatic rings. The van der Waals surface area contributed by atoms with E-state index in [0.717, 1.165) is 20.5 Å². The van der Waals surface area contributed by atoms with Crippen molar-refractivity contribution in [1.29, 1.82) is 0 Å². The van der Waals surface area contributed by atoms with Crippen LogP contribution in [0, 0.1) is 13.8 Å². The Hall–Kier alpha value is -6.46. The van der Waals surface area contributed by atoms with Crippen molar-refractivity contribution in [2.45, 2.75) is 39.5 Å². The fourth-order valence-electron chi connectivity index (χ4n) is 4.67. The van der Waals surface area contributed by atoms with Crippen LogP contribution in [0.4, 0.5) is 17.6 Å². The van der Waals surface area contributed by atoms with Gasteiger partial charge in [-0.05, 0) is 94.4 Å². The highest BCUT2D eigenvalue weighted by atomic mass is 19.3. The van der Waals surface area contributed by atoms with Crippen molar-refractivity contribution in [3.8, 4) is 33.9 Å². The molecule has 0 aliphatic heterocycles. The molecule has 2 aromatic carbocycles. The van der Waals surface area contributed by atoms with Gasteiger partial charge < -0.3 is 9.84 Å². The number of alkyl halides is 4. The summed E-state index contributed by atoms with van der Waals surface area (Å²) in [5.74, 6) is -9.68. The molecule has 0 bridgehead atoms. The van der Waals surface area contributed by atoms with E-state index in [2.05, 4.69) is 41.0 Å². The number of carboxylic acid groups (broad SMARTS) is 1. The van der Waals surface area contributed by atoms with Crippen LogP contribution in [0.5, 0.6) is 0 Å². The molecule has 4 aromatic heterocycles. The predicted molar refractivity (Wildman–Crippen MR) is 172 cm³/mol. The summed E-state index contributed by atoms with van der Waals surface area (Å²) in [6.07, 6.45) is 3.30. The minimum atomic E-state index is -3.29. The van der Waals surface area contributed by atoms with E-state index in [1.54, 1.807) is 36.7 Å². The van der Waals surface area contributed by atoms with Crippen LogP contribution in [-0.4, -0.2) is 74.5 Å². The molecular formula is C33H28F4N10O4. The minimum Gasteiger partial charge on any atom is -0.478 e. The molecule has 18 heteroatoms. The summed E-state index contributed by atoms with van der Waals surface area (Å²) in [5.41, 5.74) is 4.37. The highest BCUT2D eigenvalue weighted by molar-refractivity contribution is 5.92. The van der Waals surface area contributed by atoms with Gasteiger partial charge in [-0.15, -0.1) is 10.2 Å². The standard InChI is InChI=1S/C17H15F2N5O2.C16H13F2N5O2/c1-10-4-5-14(20-9-10)11-6-12(15(25)26-3)8-13(7-11)24-16(17(2,18)19)21-22-23-24;1-9-3-4-13(19-8-9)10-5-11(14(24)25)7-12(6-10)23-15(16(2,17)18)20-21-22-23/h4-9H,1-3H3;3-8H,1-2H3,(H,24,25). The second-order valence-corrected chi connectivity index (χ2v) is 11.4. The maximum atomic E-state index is 13.8. The first-order valence-corrected chi connectivity index (χ1v) is 14.9. The Kier molecular flexibility index (Phi) is 9.96. The second kappa shape index (κ2) is 14.2. The highest BCUT2D eigenvalue weighted by Gasteiger charge is 2.34. The molecule has 262 valence electrons. The molecule has 0 aliphatic carbocycles. The zero-order valence-electron chi connectivity index (χ0n) is 27.6. The fourth-order valence-corrected chi connectivity index (χ4v) is 4.67. The molecule has 0 unspecified atom stereocenters. The molecule has 0 atom stereocenters. The third-order valence-electron chi connectivity index (χ3n) is 7.13. The minimum absolute atomic E-state index is 0.0873. The van der Waals surface area contributed by atoms with Crippen LogP contribution >= 0.6 is 0 Å². The number of esters is 1. The molecule has 6 aromatic rings. The zero-order chi connectivity index (χ0) is 37.1. The van der Waals surface area contributed by atoms with Gasteiger partial charge in [0.1, 0.15) is 0 Å². The number of halogens is 4. The molecule has 14 nitrogen and oxygen atoms in total. The summed E-state index contributed by atoms with van der Waals surface area (Å²) in [6, 6.07) is 15.8. The van der Waals surface area contributed by atoms with Gasteiger partial charge in [0.2, 0.25) is 11.6 Å². The smallest absolute Gasteiger partial charge is 0.337 e. The topological polar surface area (TPSA) is 177 Å². The number of ether oxygens (including phenoxy) is 1. The number of aromatic nitrogens is 10. The van der Waals surface area contributed by atoms with Gasteiger partial charge >= 0.3 is 23.8 Å². The van der Waals surface area contributed by atoms with E-state index in [9.17, 15) is 32.3 Å². The fraction of sp³-hybridized carbons (Fsp3) is 0.212. The zero-order valence-corrected chi connectivity index (χ0v) is 27.6. The SMILES string of the molecule is COC(=O)c1cc(-c2ccc(C)cn2)cc(-n2nnnc2C(C)(F)F)c1.Cc1ccc(-c2cc(C(=O)O)cc(-n3nnnc3C(C)(F)F)c2)nc1. The number of aryl methyl sites for hydroxylation is 2. The van der Waals surface area contributed by atoms with Crippen molar-refractivity contribution >= 4 is 11.9 Å². The summed E-state index contributed by atoms with van der Waals surface area (Å²) < 4.78 is 61.3. The number of carbonyl (C=O) groups is 2. The number of nitrogens with zero attached hydrogens (tertiary/aromatic N) is 10. The lowest BCUT2D eigenvalue weighted by Crippen LogP contribution is -2.16. The number of carboxylic acids is 1. The van der Waals surface area contributed by atoms with Gasteiger partial charge in [0.15, 0.2) is 0 Å². The summed E-state index contributed by atoms with van der Waals surface area (Å²) in [7, 11) is 1.24. The van der Waals surface area contributed by atoms with Crippen LogP contribution in [0.2, 0.25) is 0 Å². The van der Waals surface area contributed by atoms with E-state index in [1.165, 1.54) is 31.4 Å². The maximum absolute atomic E-state index is 13.8. The Morgan fingerprint density at radius 3 is 1.49 bits per heavy atom. The lowest BCUT2D eigenvalue weighted by Gasteiger charge is -2.12. The first-order valence-electron chi connectivity index (χ1n) is 14.9. The Morgan fingerprint density at radius 1 is 0.686 bits per heavy atom. The van der Waals surface area contributed by atoms with Crippen molar-refractivity contribution in [2.75, 3.05) is 7.11 Å². The molecule has 51 heavy (non-hydrogen) atoms. The van der Waals surface area contributed by atoms with Crippen molar-refractivity contribution < 1.29 is 37.0 Å². The van der Waals surface area contributed by atoms with Gasteiger partial charge in [-0.25, -0.2) is 9.59 Å². The summed E-state index contributed by atoms with van der Waals surface area (Å²) in [4.78, 5) is 32.0. The number of hydrogen-bond acceptors (Lipinski definition) is 11. The summed E-state index contributed by atoms with van der Waals surface area (Å²) in [6.45, 7) is 5.12. The van der Waals surface area contributed by atoms with Crippen molar-refractivity contribution in [2.24, 2.45) is 0 Å². The number of hydrogen-bond donors (Lipinski definition) is 1. The van der Waals surface area contributed by atoms with Gasteiger partial charge in [-0.3, -0.25) is 9.97 Å². The summed E-state index contributed by atoms with van der Waals surface area (Å²) >= 11 is 0. The van der Waals surface area contributed by atoms with Crippen molar-refractivity contribution in [1.82, 2.24) is 50.4 Å². The Balaban J connectivity index is 0.000000198. The molecule has 0 amide bonds. The average Bonchev–Trinajstić information content (AvgIpc) is 3.80.